The normalized spacial score (nSPS) is 17.8. The summed E-state index contributed by atoms with van der Waals surface area (Å²) < 4.78 is 5.56. The minimum Gasteiger partial charge on any atom is -0.370 e. The van der Waals surface area contributed by atoms with E-state index in [1.54, 1.807) is 7.11 Å². The molecule has 2 rings (SSSR count). The third kappa shape index (κ3) is 2.64. The number of ether oxygens (including phenoxy) is 1. The summed E-state index contributed by atoms with van der Waals surface area (Å²) in [6.45, 7) is 4.03. The lowest BCUT2D eigenvalue weighted by Gasteiger charge is -2.38. The van der Waals surface area contributed by atoms with E-state index in [9.17, 15) is 0 Å². The molecule has 1 aliphatic carbocycles. The van der Waals surface area contributed by atoms with Gasteiger partial charge in [-0.3, -0.25) is 0 Å². The van der Waals surface area contributed by atoms with Gasteiger partial charge in [0.15, 0.2) is 5.82 Å². The maximum Gasteiger partial charge on any atom is 0.160 e. The average molecular weight is 235 g/mol. The van der Waals surface area contributed by atoms with Crippen LogP contribution in [-0.2, 0) is 16.9 Å². The quantitative estimate of drug-likeness (QED) is 0.766. The Bertz CT molecular complexity index is 341. The highest BCUT2D eigenvalue weighted by Crippen LogP contribution is 2.42. The summed E-state index contributed by atoms with van der Waals surface area (Å²) in [5.41, 5.74) is 0.933. The topological polar surface area (TPSA) is 47.0 Å². The van der Waals surface area contributed by atoms with Gasteiger partial charge in [0.05, 0.1) is 0 Å². The molecule has 0 atom stereocenters. The SMILES string of the molecule is CCCNCc1cnc(C2(OC)CCC2)nc1. The predicted molar refractivity (Wildman–Crippen MR) is 66.6 cm³/mol. The number of hydrogen-bond acceptors (Lipinski definition) is 4. The van der Waals surface area contributed by atoms with Crippen LogP contribution >= 0.6 is 0 Å². The summed E-state index contributed by atoms with van der Waals surface area (Å²) >= 11 is 0. The Balaban J connectivity index is 1.97. The third-order valence-electron chi connectivity index (χ3n) is 3.42. The number of rotatable bonds is 6. The summed E-state index contributed by atoms with van der Waals surface area (Å²) in [4.78, 5) is 8.89. The standard InChI is InChI=1S/C13H21N3O/c1-3-7-14-8-11-9-15-12(16-10-11)13(17-2)5-4-6-13/h9-10,14H,3-8H2,1-2H3. The van der Waals surface area contributed by atoms with Crippen molar-refractivity contribution in [3.05, 3.63) is 23.8 Å². The van der Waals surface area contributed by atoms with Gasteiger partial charge in [0.25, 0.3) is 0 Å². The van der Waals surface area contributed by atoms with Gasteiger partial charge < -0.3 is 10.1 Å². The lowest BCUT2D eigenvalue weighted by Crippen LogP contribution is -2.38. The van der Waals surface area contributed by atoms with Crippen LogP contribution in [0.15, 0.2) is 12.4 Å². The Labute approximate surface area is 103 Å². The highest BCUT2D eigenvalue weighted by Gasteiger charge is 2.41. The van der Waals surface area contributed by atoms with E-state index in [0.717, 1.165) is 43.7 Å². The Kier molecular flexibility index (Phi) is 4.07. The van der Waals surface area contributed by atoms with E-state index in [2.05, 4.69) is 22.2 Å². The smallest absolute Gasteiger partial charge is 0.160 e. The molecule has 1 aromatic heterocycles. The zero-order chi connectivity index (χ0) is 12.1. The largest absolute Gasteiger partial charge is 0.370 e. The summed E-state index contributed by atoms with van der Waals surface area (Å²) in [6.07, 6.45) is 8.24. The highest BCUT2D eigenvalue weighted by molar-refractivity contribution is 5.12. The lowest BCUT2D eigenvalue weighted by atomic mass is 9.79. The number of nitrogens with zero attached hydrogens (tertiary/aromatic N) is 2. The fraction of sp³-hybridized carbons (Fsp3) is 0.692. The molecule has 0 aliphatic heterocycles. The first kappa shape index (κ1) is 12.5. The van der Waals surface area contributed by atoms with Crippen molar-refractivity contribution in [1.82, 2.24) is 15.3 Å². The molecule has 0 radical (unpaired) electrons. The molecule has 0 saturated heterocycles. The van der Waals surface area contributed by atoms with Crippen LogP contribution in [0.4, 0.5) is 0 Å². The van der Waals surface area contributed by atoms with Crippen molar-refractivity contribution < 1.29 is 4.74 Å². The Morgan fingerprint density at radius 1 is 1.35 bits per heavy atom. The molecular weight excluding hydrogens is 214 g/mol. The molecule has 4 heteroatoms. The molecule has 0 amide bonds. The molecular formula is C13H21N3O. The minimum atomic E-state index is -0.199. The van der Waals surface area contributed by atoms with Gasteiger partial charge in [-0.15, -0.1) is 0 Å². The molecule has 0 bridgehead atoms. The highest BCUT2D eigenvalue weighted by atomic mass is 16.5. The predicted octanol–water partition coefficient (Wildman–Crippen LogP) is 2.00. The second kappa shape index (κ2) is 5.56. The Hall–Kier alpha value is -1.00. The van der Waals surface area contributed by atoms with Crippen molar-refractivity contribution in [1.29, 1.82) is 0 Å². The van der Waals surface area contributed by atoms with Crippen molar-refractivity contribution in [2.24, 2.45) is 0 Å². The fourth-order valence-corrected chi connectivity index (χ4v) is 2.11. The van der Waals surface area contributed by atoms with Crippen molar-refractivity contribution in [3.8, 4) is 0 Å². The van der Waals surface area contributed by atoms with E-state index in [1.807, 2.05) is 12.4 Å². The molecule has 1 heterocycles. The molecule has 0 aromatic carbocycles. The van der Waals surface area contributed by atoms with Gasteiger partial charge in [-0.2, -0.15) is 0 Å². The molecule has 4 nitrogen and oxygen atoms in total. The maximum atomic E-state index is 5.56. The molecule has 1 aromatic rings. The van der Waals surface area contributed by atoms with Crippen LogP contribution in [0, 0.1) is 0 Å². The van der Waals surface area contributed by atoms with Crippen LogP contribution in [0.2, 0.25) is 0 Å². The average Bonchev–Trinajstić information content (AvgIpc) is 2.31. The summed E-state index contributed by atoms with van der Waals surface area (Å²) in [5.74, 6) is 0.838. The maximum absolute atomic E-state index is 5.56. The lowest BCUT2D eigenvalue weighted by molar-refractivity contribution is -0.0847. The van der Waals surface area contributed by atoms with Crippen molar-refractivity contribution in [2.75, 3.05) is 13.7 Å². The number of hydrogen-bond donors (Lipinski definition) is 1. The van der Waals surface area contributed by atoms with E-state index >= 15 is 0 Å². The van der Waals surface area contributed by atoms with Crippen LogP contribution in [-0.4, -0.2) is 23.6 Å². The van der Waals surface area contributed by atoms with Gasteiger partial charge in [-0.1, -0.05) is 6.92 Å². The van der Waals surface area contributed by atoms with Crippen molar-refractivity contribution in [3.63, 3.8) is 0 Å². The molecule has 1 saturated carbocycles. The number of methoxy groups -OCH3 is 1. The van der Waals surface area contributed by atoms with Crippen LogP contribution in [0.3, 0.4) is 0 Å². The monoisotopic (exact) mass is 235 g/mol. The summed E-state index contributed by atoms with van der Waals surface area (Å²) in [5, 5.41) is 3.34. The minimum absolute atomic E-state index is 0.199. The van der Waals surface area contributed by atoms with Gasteiger partial charge in [0.2, 0.25) is 0 Å². The summed E-state index contributed by atoms with van der Waals surface area (Å²) in [6, 6.07) is 0. The molecule has 94 valence electrons. The zero-order valence-corrected chi connectivity index (χ0v) is 10.7. The van der Waals surface area contributed by atoms with Gasteiger partial charge in [-0.05, 0) is 32.2 Å². The van der Waals surface area contributed by atoms with Gasteiger partial charge >= 0.3 is 0 Å². The summed E-state index contributed by atoms with van der Waals surface area (Å²) in [7, 11) is 1.75. The third-order valence-corrected chi connectivity index (χ3v) is 3.42. The van der Waals surface area contributed by atoms with Gasteiger partial charge in [-0.25, -0.2) is 9.97 Å². The molecule has 1 aliphatic rings. The zero-order valence-electron chi connectivity index (χ0n) is 10.7. The first-order valence-corrected chi connectivity index (χ1v) is 6.38. The van der Waals surface area contributed by atoms with E-state index in [0.29, 0.717) is 0 Å². The van der Waals surface area contributed by atoms with E-state index in [-0.39, 0.29) is 5.60 Å². The van der Waals surface area contributed by atoms with E-state index in [1.165, 1.54) is 6.42 Å². The number of nitrogens with one attached hydrogen (secondary N) is 1. The second-order valence-electron chi connectivity index (χ2n) is 4.64. The van der Waals surface area contributed by atoms with Gasteiger partial charge in [0, 0.05) is 31.6 Å². The van der Waals surface area contributed by atoms with Gasteiger partial charge in [0.1, 0.15) is 5.60 Å². The first-order valence-electron chi connectivity index (χ1n) is 6.38. The van der Waals surface area contributed by atoms with Crippen LogP contribution in [0.1, 0.15) is 44.0 Å². The van der Waals surface area contributed by atoms with E-state index < -0.39 is 0 Å². The van der Waals surface area contributed by atoms with Crippen LogP contribution < -0.4 is 5.32 Å². The van der Waals surface area contributed by atoms with E-state index in [4.69, 9.17) is 4.74 Å². The van der Waals surface area contributed by atoms with Crippen molar-refractivity contribution in [2.45, 2.75) is 44.8 Å². The fourth-order valence-electron chi connectivity index (χ4n) is 2.11. The molecule has 0 spiro atoms. The second-order valence-corrected chi connectivity index (χ2v) is 4.64. The Morgan fingerprint density at radius 3 is 2.53 bits per heavy atom. The molecule has 1 N–H and O–H groups in total. The molecule has 0 unspecified atom stereocenters. The molecule has 1 fully saturated rings. The van der Waals surface area contributed by atoms with Crippen LogP contribution in [0.5, 0.6) is 0 Å². The Morgan fingerprint density at radius 2 is 2.06 bits per heavy atom. The van der Waals surface area contributed by atoms with Crippen molar-refractivity contribution >= 4 is 0 Å². The first-order chi connectivity index (χ1) is 8.30. The van der Waals surface area contributed by atoms with Crippen LogP contribution in [0.25, 0.3) is 0 Å². The number of aromatic nitrogens is 2. The molecule has 17 heavy (non-hydrogen) atoms.